The van der Waals surface area contributed by atoms with Crippen LogP contribution in [0.5, 0.6) is 0 Å². The molecule has 0 aliphatic carbocycles. The number of aromatic nitrogens is 2. The average Bonchev–Trinajstić information content (AvgIpc) is 2.71. The molecule has 21 heavy (non-hydrogen) atoms. The van der Waals surface area contributed by atoms with Gasteiger partial charge in [0.05, 0.1) is 11.4 Å². The predicted octanol–water partition coefficient (Wildman–Crippen LogP) is 2.29. The first-order chi connectivity index (χ1) is 10.0. The number of benzene rings is 1. The summed E-state index contributed by atoms with van der Waals surface area (Å²) in [5.74, 6) is -0.0738. The summed E-state index contributed by atoms with van der Waals surface area (Å²) in [5, 5.41) is 4.25. The molecule has 1 aliphatic heterocycles. The molecule has 5 nitrogen and oxygen atoms in total. The Bertz CT molecular complexity index is 704. The van der Waals surface area contributed by atoms with Gasteiger partial charge in [-0.15, -0.1) is 0 Å². The van der Waals surface area contributed by atoms with E-state index in [-0.39, 0.29) is 11.9 Å². The number of carbonyl (C=O) groups excluding carboxylic acids is 1. The fourth-order valence-corrected chi connectivity index (χ4v) is 3.04. The van der Waals surface area contributed by atoms with Crippen LogP contribution in [0.4, 0.5) is 11.4 Å². The molecule has 0 saturated heterocycles. The van der Waals surface area contributed by atoms with Crippen molar-refractivity contribution in [3.8, 4) is 0 Å². The van der Waals surface area contributed by atoms with E-state index in [4.69, 9.17) is 5.73 Å². The summed E-state index contributed by atoms with van der Waals surface area (Å²) in [7, 11) is 1.76. The largest absolute Gasteiger partial charge is 0.395 e. The summed E-state index contributed by atoms with van der Waals surface area (Å²) >= 11 is 0. The maximum Gasteiger partial charge on any atom is 0.278 e. The number of rotatable bonds is 1. The lowest BCUT2D eigenvalue weighted by atomic mass is 9.96. The van der Waals surface area contributed by atoms with Gasteiger partial charge in [0.1, 0.15) is 5.69 Å². The summed E-state index contributed by atoms with van der Waals surface area (Å²) in [4.78, 5) is 14.9. The Morgan fingerprint density at radius 2 is 2.10 bits per heavy atom. The number of nitrogens with two attached hydrogens (primary N) is 1. The molecule has 0 fully saturated rings. The first kappa shape index (κ1) is 13.7. The highest BCUT2D eigenvalue weighted by atomic mass is 16.2. The molecule has 1 unspecified atom stereocenters. The summed E-state index contributed by atoms with van der Waals surface area (Å²) in [6, 6.07) is 8.22. The molecule has 110 valence electrons. The van der Waals surface area contributed by atoms with Crippen LogP contribution in [-0.2, 0) is 13.5 Å². The van der Waals surface area contributed by atoms with Gasteiger partial charge in [-0.1, -0.05) is 18.2 Å². The fourth-order valence-electron chi connectivity index (χ4n) is 3.04. The zero-order valence-corrected chi connectivity index (χ0v) is 12.6. The van der Waals surface area contributed by atoms with Crippen molar-refractivity contribution in [3.63, 3.8) is 0 Å². The number of hydrogen-bond acceptors (Lipinski definition) is 3. The van der Waals surface area contributed by atoms with Crippen LogP contribution in [0, 0.1) is 6.92 Å². The second-order valence-corrected chi connectivity index (χ2v) is 5.66. The molecular weight excluding hydrogens is 264 g/mol. The van der Waals surface area contributed by atoms with Gasteiger partial charge in [-0.2, -0.15) is 5.10 Å². The van der Waals surface area contributed by atoms with Gasteiger partial charge in [0.25, 0.3) is 5.91 Å². The van der Waals surface area contributed by atoms with Crippen molar-refractivity contribution < 1.29 is 4.79 Å². The van der Waals surface area contributed by atoms with Crippen molar-refractivity contribution in [2.75, 3.05) is 10.6 Å². The van der Waals surface area contributed by atoms with Crippen LogP contribution in [0.2, 0.25) is 0 Å². The van der Waals surface area contributed by atoms with Crippen molar-refractivity contribution in [1.82, 2.24) is 9.78 Å². The maximum absolute atomic E-state index is 13.0. The van der Waals surface area contributed by atoms with Crippen LogP contribution in [0.1, 0.15) is 35.1 Å². The minimum absolute atomic E-state index is 0.0738. The van der Waals surface area contributed by atoms with Crippen molar-refractivity contribution >= 4 is 17.3 Å². The standard InChI is InChI=1S/C16H20N4O/c1-10-8-9-12-6-4-5-7-13(12)20(10)16(21)15-14(17)11(2)18-19(15)3/h4-7,10H,8-9,17H2,1-3H3. The number of aryl methyl sites for hydroxylation is 3. The molecule has 0 saturated carbocycles. The Morgan fingerprint density at radius 3 is 2.76 bits per heavy atom. The van der Waals surface area contributed by atoms with E-state index in [1.54, 1.807) is 11.7 Å². The molecule has 5 heteroatoms. The highest BCUT2D eigenvalue weighted by Crippen LogP contribution is 2.32. The smallest absolute Gasteiger partial charge is 0.278 e. The molecule has 2 aromatic rings. The second-order valence-electron chi connectivity index (χ2n) is 5.66. The summed E-state index contributed by atoms with van der Waals surface area (Å²) in [5.41, 5.74) is 9.87. The van der Waals surface area contributed by atoms with Crippen molar-refractivity contribution in [3.05, 3.63) is 41.2 Å². The molecule has 2 heterocycles. The maximum atomic E-state index is 13.0. The number of nitrogen functional groups attached to an aromatic ring is 1. The van der Waals surface area contributed by atoms with Crippen molar-refractivity contribution in [1.29, 1.82) is 0 Å². The third-order valence-corrected chi connectivity index (χ3v) is 4.21. The van der Waals surface area contributed by atoms with Gasteiger partial charge < -0.3 is 10.6 Å². The Hall–Kier alpha value is -2.30. The molecule has 0 bridgehead atoms. The topological polar surface area (TPSA) is 64.2 Å². The summed E-state index contributed by atoms with van der Waals surface area (Å²) in [6.07, 6.45) is 1.96. The third-order valence-electron chi connectivity index (χ3n) is 4.21. The molecule has 1 amide bonds. The first-order valence-electron chi connectivity index (χ1n) is 7.21. The van der Waals surface area contributed by atoms with E-state index >= 15 is 0 Å². The van der Waals surface area contributed by atoms with Crippen LogP contribution < -0.4 is 10.6 Å². The number of carbonyl (C=O) groups is 1. The minimum Gasteiger partial charge on any atom is -0.395 e. The molecule has 2 N–H and O–H groups in total. The number of para-hydroxylation sites is 1. The quantitative estimate of drug-likeness (QED) is 0.874. The van der Waals surface area contributed by atoms with E-state index in [1.807, 2.05) is 30.0 Å². The number of hydrogen-bond donors (Lipinski definition) is 1. The number of fused-ring (bicyclic) bond motifs is 1. The van der Waals surface area contributed by atoms with E-state index in [0.29, 0.717) is 17.1 Å². The van der Waals surface area contributed by atoms with Crippen molar-refractivity contribution in [2.24, 2.45) is 7.05 Å². The lowest BCUT2D eigenvalue weighted by Crippen LogP contribution is -2.43. The molecule has 0 radical (unpaired) electrons. The van der Waals surface area contributed by atoms with Crippen molar-refractivity contribution in [2.45, 2.75) is 32.7 Å². The zero-order valence-electron chi connectivity index (χ0n) is 12.6. The Balaban J connectivity index is 2.09. The van der Waals surface area contributed by atoms with Gasteiger partial charge in [0, 0.05) is 18.8 Å². The molecule has 1 aromatic heterocycles. The molecule has 3 rings (SSSR count). The zero-order chi connectivity index (χ0) is 15.1. The van der Waals surface area contributed by atoms with Crippen LogP contribution in [0.25, 0.3) is 0 Å². The van der Waals surface area contributed by atoms with Gasteiger partial charge in [-0.3, -0.25) is 9.48 Å². The molecule has 1 aromatic carbocycles. The van der Waals surface area contributed by atoms with Gasteiger partial charge in [0.15, 0.2) is 0 Å². The van der Waals surface area contributed by atoms with Gasteiger partial charge in [0.2, 0.25) is 0 Å². The predicted molar refractivity (Wildman–Crippen MR) is 83.4 cm³/mol. The summed E-state index contributed by atoms with van der Waals surface area (Å²) < 4.78 is 1.58. The molecule has 1 aliphatic rings. The van der Waals surface area contributed by atoms with Gasteiger partial charge in [-0.05, 0) is 38.3 Å². The summed E-state index contributed by atoms with van der Waals surface area (Å²) in [6.45, 7) is 3.90. The fraction of sp³-hybridized carbons (Fsp3) is 0.375. The van der Waals surface area contributed by atoms with E-state index < -0.39 is 0 Å². The number of amides is 1. The van der Waals surface area contributed by atoms with E-state index in [2.05, 4.69) is 18.1 Å². The third kappa shape index (κ3) is 2.09. The SMILES string of the molecule is Cc1nn(C)c(C(=O)N2c3ccccc3CCC2C)c1N. The van der Waals surface area contributed by atoms with Crippen LogP contribution in [0.3, 0.4) is 0 Å². The monoisotopic (exact) mass is 284 g/mol. The van der Waals surface area contributed by atoms with Crippen LogP contribution in [-0.4, -0.2) is 21.7 Å². The van der Waals surface area contributed by atoms with Crippen LogP contribution >= 0.6 is 0 Å². The molecular formula is C16H20N4O. The Labute approximate surface area is 124 Å². The van der Waals surface area contributed by atoms with Gasteiger partial charge in [-0.25, -0.2) is 0 Å². The Morgan fingerprint density at radius 1 is 1.38 bits per heavy atom. The van der Waals surface area contributed by atoms with Gasteiger partial charge >= 0.3 is 0 Å². The lowest BCUT2D eigenvalue weighted by molar-refractivity contribution is 0.0967. The Kier molecular flexibility index (Phi) is 3.20. The number of nitrogens with zero attached hydrogens (tertiary/aromatic N) is 3. The average molecular weight is 284 g/mol. The molecule has 1 atom stereocenters. The number of anilines is 2. The highest BCUT2D eigenvalue weighted by molar-refractivity contribution is 6.09. The van der Waals surface area contributed by atoms with E-state index in [1.165, 1.54) is 5.56 Å². The highest BCUT2D eigenvalue weighted by Gasteiger charge is 2.31. The second kappa shape index (κ2) is 4.91. The minimum atomic E-state index is -0.0738. The first-order valence-corrected chi connectivity index (χ1v) is 7.21. The van der Waals surface area contributed by atoms with E-state index in [9.17, 15) is 4.79 Å². The van der Waals surface area contributed by atoms with E-state index in [0.717, 1.165) is 18.5 Å². The van der Waals surface area contributed by atoms with Crippen LogP contribution in [0.15, 0.2) is 24.3 Å². The molecule has 0 spiro atoms. The normalized spacial score (nSPS) is 17.7. The lowest BCUT2D eigenvalue weighted by Gasteiger charge is -2.35.